The highest BCUT2D eigenvalue weighted by Gasteiger charge is 2.42. The van der Waals surface area contributed by atoms with E-state index in [4.69, 9.17) is 16.0 Å². The second kappa shape index (κ2) is 7.89. The van der Waals surface area contributed by atoms with Crippen LogP contribution in [0.25, 0.3) is 11.0 Å². The van der Waals surface area contributed by atoms with Gasteiger partial charge in [0, 0.05) is 18.1 Å². The summed E-state index contributed by atoms with van der Waals surface area (Å²) in [5.74, 6) is 0.280. The summed E-state index contributed by atoms with van der Waals surface area (Å²) in [6.45, 7) is 5.44. The molecule has 1 aliphatic rings. The SMILES string of the molecule is CC(C)c1ccc(C2c3c(oc4ccc(Cl)cc4c3=O)C(=O)N2CCN(C)C)cc1. The summed E-state index contributed by atoms with van der Waals surface area (Å²) in [7, 11) is 3.92. The van der Waals surface area contributed by atoms with Gasteiger partial charge in [-0.1, -0.05) is 49.7 Å². The zero-order chi connectivity index (χ0) is 21.6. The van der Waals surface area contributed by atoms with Gasteiger partial charge in [0.25, 0.3) is 5.91 Å². The van der Waals surface area contributed by atoms with Crippen molar-refractivity contribution in [3.8, 4) is 0 Å². The molecule has 2 heterocycles. The molecule has 0 bridgehead atoms. The van der Waals surface area contributed by atoms with E-state index >= 15 is 0 Å². The highest BCUT2D eigenvalue weighted by Crippen LogP contribution is 2.38. The molecule has 6 heteroatoms. The van der Waals surface area contributed by atoms with Gasteiger partial charge in [-0.2, -0.15) is 0 Å². The van der Waals surface area contributed by atoms with Crippen molar-refractivity contribution in [1.82, 2.24) is 9.80 Å². The van der Waals surface area contributed by atoms with Crippen LogP contribution in [0.15, 0.2) is 51.7 Å². The normalized spacial score (nSPS) is 16.2. The molecule has 1 amide bonds. The number of hydrogen-bond acceptors (Lipinski definition) is 4. The molecule has 1 unspecified atom stereocenters. The molecular formula is C24H25ClN2O3. The number of nitrogens with zero attached hydrogens (tertiary/aromatic N) is 2. The van der Waals surface area contributed by atoms with E-state index in [0.29, 0.717) is 40.6 Å². The zero-order valence-electron chi connectivity index (χ0n) is 17.6. The number of rotatable bonds is 5. The second-order valence-electron chi connectivity index (χ2n) is 8.34. The fourth-order valence-electron chi connectivity index (χ4n) is 3.94. The van der Waals surface area contributed by atoms with Gasteiger partial charge in [-0.25, -0.2) is 0 Å². The minimum Gasteiger partial charge on any atom is -0.450 e. The van der Waals surface area contributed by atoms with Crippen LogP contribution in [0.4, 0.5) is 0 Å². The molecule has 1 aromatic heterocycles. The van der Waals surface area contributed by atoms with Gasteiger partial charge in [0.1, 0.15) is 5.58 Å². The lowest BCUT2D eigenvalue weighted by atomic mass is 9.95. The van der Waals surface area contributed by atoms with Gasteiger partial charge < -0.3 is 14.2 Å². The second-order valence-corrected chi connectivity index (χ2v) is 8.78. The topological polar surface area (TPSA) is 53.8 Å². The van der Waals surface area contributed by atoms with Crippen LogP contribution in [-0.2, 0) is 0 Å². The molecule has 3 aromatic rings. The molecule has 30 heavy (non-hydrogen) atoms. The van der Waals surface area contributed by atoms with Crippen molar-refractivity contribution in [1.29, 1.82) is 0 Å². The lowest BCUT2D eigenvalue weighted by Crippen LogP contribution is -2.35. The monoisotopic (exact) mass is 424 g/mol. The summed E-state index contributed by atoms with van der Waals surface area (Å²) in [4.78, 5) is 30.5. The van der Waals surface area contributed by atoms with Crippen LogP contribution < -0.4 is 5.43 Å². The first-order chi connectivity index (χ1) is 14.3. The maximum Gasteiger partial charge on any atom is 0.290 e. The van der Waals surface area contributed by atoms with Crippen molar-refractivity contribution in [3.05, 3.63) is 80.2 Å². The van der Waals surface area contributed by atoms with E-state index in [1.54, 1.807) is 23.1 Å². The first-order valence-electron chi connectivity index (χ1n) is 10.1. The van der Waals surface area contributed by atoms with Crippen LogP contribution in [0.5, 0.6) is 0 Å². The van der Waals surface area contributed by atoms with E-state index in [9.17, 15) is 9.59 Å². The minimum absolute atomic E-state index is 0.131. The van der Waals surface area contributed by atoms with Crippen molar-refractivity contribution in [2.24, 2.45) is 0 Å². The number of amides is 1. The quantitative estimate of drug-likeness (QED) is 0.597. The molecule has 0 fully saturated rings. The Kier molecular flexibility index (Phi) is 5.43. The highest BCUT2D eigenvalue weighted by molar-refractivity contribution is 6.31. The summed E-state index contributed by atoms with van der Waals surface area (Å²) in [6, 6.07) is 12.6. The number of carbonyl (C=O) groups is 1. The fraction of sp³-hybridized carbons (Fsp3) is 0.333. The van der Waals surface area contributed by atoms with Crippen molar-refractivity contribution >= 4 is 28.5 Å². The third kappa shape index (κ3) is 3.53. The third-order valence-corrected chi connectivity index (χ3v) is 5.87. The molecule has 0 aliphatic carbocycles. The number of halogens is 1. The average molecular weight is 425 g/mol. The summed E-state index contributed by atoms with van der Waals surface area (Å²) in [5, 5.41) is 0.855. The molecule has 0 N–H and O–H groups in total. The Morgan fingerprint density at radius 1 is 1.10 bits per heavy atom. The van der Waals surface area contributed by atoms with Gasteiger partial charge in [-0.15, -0.1) is 0 Å². The number of fused-ring (bicyclic) bond motifs is 2. The molecule has 0 saturated carbocycles. The molecular weight excluding hydrogens is 400 g/mol. The molecule has 156 valence electrons. The van der Waals surface area contributed by atoms with Gasteiger partial charge in [0.05, 0.1) is 17.0 Å². The predicted octanol–water partition coefficient (Wildman–Crippen LogP) is 4.68. The average Bonchev–Trinajstić information content (AvgIpc) is 2.99. The van der Waals surface area contributed by atoms with Crippen LogP contribution >= 0.6 is 11.6 Å². The van der Waals surface area contributed by atoms with Gasteiger partial charge in [0.2, 0.25) is 5.76 Å². The van der Waals surface area contributed by atoms with Gasteiger partial charge in [-0.3, -0.25) is 9.59 Å². The Labute approximate surface area is 180 Å². The first kappa shape index (κ1) is 20.6. The number of carbonyl (C=O) groups excluding carboxylic acids is 1. The summed E-state index contributed by atoms with van der Waals surface area (Å²) < 4.78 is 5.94. The Bertz CT molecular complexity index is 1170. The van der Waals surface area contributed by atoms with Crippen LogP contribution in [0.2, 0.25) is 5.02 Å². The van der Waals surface area contributed by atoms with E-state index in [2.05, 4.69) is 26.0 Å². The van der Waals surface area contributed by atoms with Crippen LogP contribution in [0.1, 0.15) is 53.1 Å². The standard InChI is InChI=1S/C24H25ClN2O3/c1-14(2)15-5-7-16(8-6-15)21-20-22(28)18-13-17(25)9-10-19(18)30-23(20)24(29)27(21)12-11-26(3)4/h5-10,13-14,21H,11-12H2,1-4H3. The van der Waals surface area contributed by atoms with Crippen molar-refractivity contribution in [2.75, 3.05) is 27.2 Å². The van der Waals surface area contributed by atoms with E-state index in [-0.39, 0.29) is 17.1 Å². The summed E-state index contributed by atoms with van der Waals surface area (Å²) in [6.07, 6.45) is 0. The van der Waals surface area contributed by atoms with E-state index in [1.807, 2.05) is 31.1 Å². The number of benzene rings is 2. The number of likely N-dealkylation sites (N-methyl/N-ethyl adjacent to an activating group) is 1. The molecule has 4 rings (SSSR count). The van der Waals surface area contributed by atoms with Crippen molar-refractivity contribution < 1.29 is 9.21 Å². The van der Waals surface area contributed by atoms with Crippen LogP contribution in [0, 0.1) is 0 Å². The predicted molar refractivity (Wildman–Crippen MR) is 119 cm³/mol. The lowest BCUT2D eigenvalue weighted by Gasteiger charge is -2.26. The maximum atomic E-state index is 13.5. The Morgan fingerprint density at radius 3 is 2.43 bits per heavy atom. The van der Waals surface area contributed by atoms with Gasteiger partial charge in [0.15, 0.2) is 5.43 Å². The lowest BCUT2D eigenvalue weighted by molar-refractivity contribution is 0.0716. The van der Waals surface area contributed by atoms with E-state index < -0.39 is 6.04 Å². The van der Waals surface area contributed by atoms with Crippen molar-refractivity contribution in [3.63, 3.8) is 0 Å². The number of hydrogen-bond donors (Lipinski definition) is 0. The Balaban J connectivity index is 1.91. The van der Waals surface area contributed by atoms with Gasteiger partial charge >= 0.3 is 0 Å². The minimum atomic E-state index is -0.478. The third-order valence-electron chi connectivity index (χ3n) is 5.63. The van der Waals surface area contributed by atoms with Crippen LogP contribution in [-0.4, -0.2) is 42.9 Å². The smallest absolute Gasteiger partial charge is 0.290 e. The van der Waals surface area contributed by atoms with E-state index in [0.717, 1.165) is 5.56 Å². The molecule has 0 spiro atoms. The molecule has 1 atom stereocenters. The Hall–Kier alpha value is -2.63. The van der Waals surface area contributed by atoms with Crippen LogP contribution in [0.3, 0.4) is 0 Å². The molecule has 0 radical (unpaired) electrons. The Morgan fingerprint density at radius 2 is 1.80 bits per heavy atom. The largest absolute Gasteiger partial charge is 0.450 e. The molecule has 2 aromatic carbocycles. The molecule has 1 aliphatic heterocycles. The highest BCUT2D eigenvalue weighted by atomic mass is 35.5. The van der Waals surface area contributed by atoms with Crippen molar-refractivity contribution in [2.45, 2.75) is 25.8 Å². The zero-order valence-corrected chi connectivity index (χ0v) is 18.4. The summed E-state index contributed by atoms with van der Waals surface area (Å²) >= 11 is 6.12. The molecule has 0 saturated heterocycles. The fourth-order valence-corrected chi connectivity index (χ4v) is 4.11. The van der Waals surface area contributed by atoms with Gasteiger partial charge in [-0.05, 0) is 49.3 Å². The maximum absolute atomic E-state index is 13.5. The van der Waals surface area contributed by atoms with E-state index in [1.165, 1.54) is 5.56 Å². The molecule has 5 nitrogen and oxygen atoms in total. The summed E-state index contributed by atoms with van der Waals surface area (Å²) in [5.41, 5.74) is 2.68. The first-order valence-corrected chi connectivity index (χ1v) is 10.5.